The number of ether oxygens (including phenoxy) is 2. The Balaban J connectivity index is 1.55. The Hall–Kier alpha value is -3.38. The van der Waals surface area contributed by atoms with Gasteiger partial charge in [0.2, 0.25) is 0 Å². The topological polar surface area (TPSA) is 70.9 Å². The van der Waals surface area contributed by atoms with E-state index in [2.05, 4.69) is 38.6 Å². The molecule has 4 rings (SSSR count). The number of imidazole rings is 1. The van der Waals surface area contributed by atoms with Crippen molar-refractivity contribution in [2.24, 2.45) is 0 Å². The van der Waals surface area contributed by atoms with Crippen LogP contribution in [0.3, 0.4) is 0 Å². The number of methoxy groups -OCH3 is 1. The van der Waals surface area contributed by atoms with Gasteiger partial charge in [0.15, 0.2) is 0 Å². The summed E-state index contributed by atoms with van der Waals surface area (Å²) in [4.78, 5) is 7.68. The van der Waals surface area contributed by atoms with Crippen molar-refractivity contribution in [3.8, 4) is 17.6 Å². The van der Waals surface area contributed by atoms with Crippen molar-refractivity contribution < 1.29 is 13.9 Å². The molecule has 31 heavy (non-hydrogen) atoms. The summed E-state index contributed by atoms with van der Waals surface area (Å²) in [5.74, 6) is 1.61. The van der Waals surface area contributed by atoms with Crippen molar-refractivity contribution in [1.29, 1.82) is 5.26 Å². The lowest BCUT2D eigenvalue weighted by molar-refractivity contribution is 0.303. The number of aromatic nitrogens is 2. The minimum absolute atomic E-state index is 0.273. The van der Waals surface area contributed by atoms with Gasteiger partial charge in [-0.05, 0) is 76.2 Å². The number of halogens is 2. The second-order valence-corrected chi connectivity index (χ2v) is 7.91. The maximum Gasteiger partial charge on any atom is 0.149 e. The third-order valence-electron chi connectivity index (χ3n) is 4.61. The number of hydrogen-bond acceptors (Lipinski definition) is 4. The molecule has 0 radical (unpaired) electrons. The monoisotopic (exact) mass is 525 g/mol. The number of H-pyrrole nitrogens is 1. The highest BCUT2D eigenvalue weighted by molar-refractivity contribution is 14.1. The molecule has 0 saturated heterocycles. The summed E-state index contributed by atoms with van der Waals surface area (Å²) < 4.78 is 25.3. The number of rotatable bonds is 6. The Bertz CT molecular complexity index is 1320. The van der Waals surface area contributed by atoms with Gasteiger partial charge < -0.3 is 14.5 Å². The summed E-state index contributed by atoms with van der Waals surface area (Å²) in [6.07, 6.45) is 1.77. The van der Waals surface area contributed by atoms with Crippen molar-refractivity contribution in [3.05, 3.63) is 87.0 Å². The van der Waals surface area contributed by atoms with Crippen molar-refractivity contribution in [1.82, 2.24) is 9.97 Å². The maximum absolute atomic E-state index is 13.3. The molecular weight excluding hydrogens is 508 g/mol. The molecule has 0 aliphatic carbocycles. The van der Waals surface area contributed by atoms with Crippen LogP contribution in [0.5, 0.6) is 11.5 Å². The van der Waals surface area contributed by atoms with Gasteiger partial charge in [0, 0.05) is 6.07 Å². The Morgan fingerprint density at radius 3 is 2.81 bits per heavy atom. The number of allylic oxidation sites excluding steroid dienone is 1. The second-order valence-electron chi connectivity index (χ2n) is 6.75. The van der Waals surface area contributed by atoms with E-state index in [4.69, 9.17) is 9.47 Å². The maximum atomic E-state index is 13.3. The SMILES string of the molecule is COc1ccc2nc(/C(C#N)=C\c3ccc(OCc4cccc(F)c4)c(I)c3)[nH]c2c1. The van der Waals surface area contributed by atoms with Crippen LogP contribution in [-0.4, -0.2) is 17.1 Å². The van der Waals surface area contributed by atoms with E-state index in [0.717, 1.165) is 25.7 Å². The standard InChI is InChI=1S/C24H17FIN3O2/c1-30-19-6-7-21-22(12-19)29-24(28-21)17(13-27)9-15-5-8-23(20(26)11-15)31-14-16-3-2-4-18(25)10-16/h2-12H,14H2,1H3,(H,28,29)/b17-9-. The van der Waals surface area contributed by atoms with Crippen molar-refractivity contribution >= 4 is 45.3 Å². The lowest BCUT2D eigenvalue weighted by atomic mass is 10.1. The van der Waals surface area contributed by atoms with Crippen LogP contribution in [0.2, 0.25) is 0 Å². The highest BCUT2D eigenvalue weighted by Crippen LogP contribution is 2.26. The molecule has 0 saturated carbocycles. The Morgan fingerprint density at radius 2 is 2.06 bits per heavy atom. The first-order chi connectivity index (χ1) is 15.1. The van der Waals surface area contributed by atoms with E-state index >= 15 is 0 Å². The molecule has 0 bridgehead atoms. The molecule has 0 aliphatic rings. The van der Waals surface area contributed by atoms with Crippen LogP contribution in [0.15, 0.2) is 60.7 Å². The number of hydrogen-bond donors (Lipinski definition) is 1. The number of nitriles is 1. The van der Waals surface area contributed by atoms with E-state index in [-0.39, 0.29) is 12.4 Å². The zero-order valence-corrected chi connectivity index (χ0v) is 18.7. The van der Waals surface area contributed by atoms with Crippen LogP contribution in [0, 0.1) is 20.7 Å². The van der Waals surface area contributed by atoms with Crippen LogP contribution in [0.1, 0.15) is 17.0 Å². The molecule has 7 heteroatoms. The summed E-state index contributed by atoms with van der Waals surface area (Å²) in [6, 6.07) is 19.7. The van der Waals surface area contributed by atoms with E-state index in [1.54, 1.807) is 19.3 Å². The normalized spacial score (nSPS) is 11.4. The van der Waals surface area contributed by atoms with Gasteiger partial charge in [-0.1, -0.05) is 18.2 Å². The lowest BCUT2D eigenvalue weighted by Crippen LogP contribution is -1.97. The number of fused-ring (bicyclic) bond motifs is 1. The Labute approximate surface area is 192 Å². The third kappa shape index (κ3) is 4.86. The van der Waals surface area contributed by atoms with Gasteiger partial charge in [0.1, 0.15) is 35.8 Å². The molecule has 3 aromatic carbocycles. The Kier molecular flexibility index (Phi) is 6.18. The van der Waals surface area contributed by atoms with Crippen LogP contribution < -0.4 is 9.47 Å². The predicted octanol–water partition coefficient (Wildman–Crippen LogP) is 5.96. The van der Waals surface area contributed by atoms with Crippen LogP contribution >= 0.6 is 22.6 Å². The quantitative estimate of drug-likeness (QED) is 0.249. The first-order valence-corrected chi connectivity index (χ1v) is 10.5. The van der Waals surface area contributed by atoms with Crippen LogP contribution in [0.4, 0.5) is 4.39 Å². The molecular formula is C24H17FIN3O2. The van der Waals surface area contributed by atoms with E-state index in [0.29, 0.717) is 22.9 Å². The van der Waals surface area contributed by atoms with Gasteiger partial charge in [0.05, 0.1) is 27.3 Å². The van der Waals surface area contributed by atoms with Crippen LogP contribution in [0.25, 0.3) is 22.7 Å². The average molecular weight is 525 g/mol. The highest BCUT2D eigenvalue weighted by atomic mass is 127. The molecule has 154 valence electrons. The summed E-state index contributed by atoms with van der Waals surface area (Å²) in [6.45, 7) is 0.273. The molecule has 1 heterocycles. The molecule has 4 aromatic rings. The van der Waals surface area contributed by atoms with Gasteiger partial charge >= 0.3 is 0 Å². The van der Waals surface area contributed by atoms with Crippen molar-refractivity contribution in [3.63, 3.8) is 0 Å². The average Bonchev–Trinajstić information content (AvgIpc) is 3.20. The molecule has 0 fully saturated rings. The predicted molar refractivity (Wildman–Crippen MR) is 126 cm³/mol. The molecule has 0 amide bonds. The molecule has 0 spiro atoms. The zero-order valence-electron chi connectivity index (χ0n) is 16.5. The highest BCUT2D eigenvalue weighted by Gasteiger charge is 2.10. The number of nitrogens with zero attached hydrogens (tertiary/aromatic N) is 2. The molecule has 1 aromatic heterocycles. The third-order valence-corrected chi connectivity index (χ3v) is 5.46. The fourth-order valence-corrected chi connectivity index (χ4v) is 3.77. The molecule has 0 unspecified atom stereocenters. The van der Waals surface area contributed by atoms with Crippen LogP contribution in [-0.2, 0) is 6.61 Å². The number of aromatic amines is 1. The summed E-state index contributed by atoms with van der Waals surface area (Å²) in [5.41, 5.74) is 3.57. The molecule has 5 nitrogen and oxygen atoms in total. The lowest BCUT2D eigenvalue weighted by Gasteiger charge is -2.09. The minimum Gasteiger partial charge on any atom is -0.497 e. The van der Waals surface area contributed by atoms with Gasteiger partial charge in [-0.25, -0.2) is 9.37 Å². The van der Waals surface area contributed by atoms with E-state index in [9.17, 15) is 9.65 Å². The Morgan fingerprint density at radius 1 is 1.19 bits per heavy atom. The number of benzene rings is 3. The van der Waals surface area contributed by atoms with Gasteiger partial charge in [-0.15, -0.1) is 0 Å². The van der Waals surface area contributed by atoms with Gasteiger partial charge in [0.25, 0.3) is 0 Å². The fourth-order valence-electron chi connectivity index (χ4n) is 3.08. The van der Waals surface area contributed by atoms with E-state index < -0.39 is 0 Å². The first-order valence-electron chi connectivity index (χ1n) is 9.38. The summed E-state index contributed by atoms with van der Waals surface area (Å²) in [7, 11) is 1.60. The molecule has 0 atom stereocenters. The zero-order chi connectivity index (χ0) is 21.8. The molecule has 0 aliphatic heterocycles. The second kappa shape index (κ2) is 9.18. The van der Waals surface area contributed by atoms with Crippen molar-refractivity contribution in [2.75, 3.05) is 7.11 Å². The summed E-state index contributed by atoms with van der Waals surface area (Å²) in [5, 5.41) is 9.66. The smallest absolute Gasteiger partial charge is 0.149 e. The van der Waals surface area contributed by atoms with Gasteiger partial charge in [-0.3, -0.25) is 0 Å². The first kappa shape index (κ1) is 20.9. The minimum atomic E-state index is -0.288. The van der Waals surface area contributed by atoms with Crippen molar-refractivity contribution in [2.45, 2.75) is 6.61 Å². The number of nitrogens with one attached hydrogen (secondary N) is 1. The summed E-state index contributed by atoms with van der Waals surface area (Å²) >= 11 is 2.18. The largest absolute Gasteiger partial charge is 0.497 e. The fraction of sp³-hybridized carbons (Fsp3) is 0.0833. The molecule has 1 N–H and O–H groups in total. The van der Waals surface area contributed by atoms with E-state index in [1.165, 1.54) is 12.1 Å². The van der Waals surface area contributed by atoms with E-state index in [1.807, 2.05) is 42.5 Å². The van der Waals surface area contributed by atoms with Gasteiger partial charge in [-0.2, -0.15) is 5.26 Å².